The second-order valence-electron chi connectivity index (χ2n) is 3.87. The molecule has 0 aliphatic heterocycles. The summed E-state index contributed by atoms with van der Waals surface area (Å²) in [6.07, 6.45) is -0.404. The summed E-state index contributed by atoms with van der Waals surface area (Å²) in [7, 11) is 2.03. The van der Waals surface area contributed by atoms with Crippen molar-refractivity contribution in [2.75, 3.05) is 46.4 Å². The zero-order chi connectivity index (χ0) is 12.2. The molecule has 0 aromatic rings. The van der Waals surface area contributed by atoms with Crippen LogP contribution >= 0.6 is 0 Å². The normalized spacial score (nSPS) is 11.6. The van der Waals surface area contributed by atoms with Gasteiger partial charge in [-0.05, 0) is 26.4 Å². The molecule has 0 saturated heterocycles. The summed E-state index contributed by atoms with van der Waals surface area (Å²) in [6.45, 7) is 6.00. The molecule has 0 radical (unpaired) electrons. The SMILES string of the molecule is CCCNCCN(C)CCCOCC(F)F. The summed E-state index contributed by atoms with van der Waals surface area (Å²) in [6, 6.07) is 0. The predicted octanol–water partition coefficient (Wildman–Crippen LogP) is 1.59. The number of likely N-dealkylation sites (N-methyl/N-ethyl adjacent to an activating group) is 1. The maximum atomic E-state index is 11.7. The minimum Gasteiger partial charge on any atom is -0.375 e. The first-order chi connectivity index (χ1) is 7.66. The second kappa shape index (κ2) is 11.2. The minimum absolute atomic E-state index is 0.414. The van der Waals surface area contributed by atoms with Crippen LogP contribution in [0.25, 0.3) is 0 Å². The number of nitrogens with zero attached hydrogens (tertiary/aromatic N) is 1. The molecule has 0 aromatic heterocycles. The molecule has 0 aliphatic carbocycles. The van der Waals surface area contributed by atoms with Crippen molar-refractivity contribution in [2.24, 2.45) is 0 Å². The standard InChI is InChI=1S/C11H24F2N2O/c1-3-5-14-6-8-15(2)7-4-9-16-10-11(12)13/h11,14H,3-10H2,1-2H3. The third kappa shape index (κ3) is 11.8. The number of ether oxygens (including phenoxy) is 1. The van der Waals surface area contributed by atoms with Gasteiger partial charge in [0.2, 0.25) is 0 Å². The first-order valence-corrected chi connectivity index (χ1v) is 5.92. The molecule has 5 heteroatoms. The Morgan fingerprint density at radius 3 is 2.62 bits per heavy atom. The molecule has 0 spiro atoms. The van der Waals surface area contributed by atoms with Gasteiger partial charge < -0.3 is 15.0 Å². The second-order valence-corrected chi connectivity index (χ2v) is 3.87. The molecule has 0 saturated carbocycles. The van der Waals surface area contributed by atoms with Crippen LogP contribution in [0.4, 0.5) is 8.78 Å². The Hall–Kier alpha value is -0.260. The van der Waals surface area contributed by atoms with Crippen LogP contribution in [0.3, 0.4) is 0 Å². The lowest BCUT2D eigenvalue weighted by Crippen LogP contribution is -2.30. The number of nitrogens with one attached hydrogen (secondary N) is 1. The highest BCUT2D eigenvalue weighted by atomic mass is 19.3. The van der Waals surface area contributed by atoms with E-state index in [-0.39, 0.29) is 0 Å². The van der Waals surface area contributed by atoms with Crippen LogP contribution in [-0.4, -0.2) is 57.8 Å². The van der Waals surface area contributed by atoms with E-state index in [2.05, 4.69) is 17.1 Å². The summed E-state index contributed by atoms with van der Waals surface area (Å²) < 4.78 is 28.2. The van der Waals surface area contributed by atoms with E-state index in [1.807, 2.05) is 7.05 Å². The number of alkyl halides is 2. The molecular weight excluding hydrogens is 214 g/mol. The molecule has 1 N–H and O–H groups in total. The van der Waals surface area contributed by atoms with Crippen molar-refractivity contribution in [1.82, 2.24) is 10.2 Å². The van der Waals surface area contributed by atoms with Crippen molar-refractivity contribution in [3.05, 3.63) is 0 Å². The Labute approximate surface area is 97.1 Å². The van der Waals surface area contributed by atoms with Crippen molar-refractivity contribution in [3.63, 3.8) is 0 Å². The van der Waals surface area contributed by atoms with Crippen LogP contribution in [-0.2, 0) is 4.74 Å². The van der Waals surface area contributed by atoms with E-state index in [1.54, 1.807) is 0 Å². The van der Waals surface area contributed by atoms with Gasteiger partial charge in [0.15, 0.2) is 0 Å². The van der Waals surface area contributed by atoms with Crippen LogP contribution in [0.2, 0.25) is 0 Å². The monoisotopic (exact) mass is 238 g/mol. The molecule has 0 unspecified atom stereocenters. The van der Waals surface area contributed by atoms with Gasteiger partial charge in [-0.1, -0.05) is 6.92 Å². The van der Waals surface area contributed by atoms with Crippen LogP contribution < -0.4 is 5.32 Å². The summed E-state index contributed by atoms with van der Waals surface area (Å²) in [5.41, 5.74) is 0. The van der Waals surface area contributed by atoms with Gasteiger partial charge >= 0.3 is 0 Å². The van der Waals surface area contributed by atoms with Crippen molar-refractivity contribution in [2.45, 2.75) is 26.2 Å². The van der Waals surface area contributed by atoms with Gasteiger partial charge in [-0.15, -0.1) is 0 Å². The van der Waals surface area contributed by atoms with Gasteiger partial charge in [0, 0.05) is 26.2 Å². The van der Waals surface area contributed by atoms with Crippen LogP contribution in [0.1, 0.15) is 19.8 Å². The smallest absolute Gasteiger partial charge is 0.261 e. The molecule has 0 aliphatic rings. The van der Waals surface area contributed by atoms with E-state index in [9.17, 15) is 8.78 Å². The summed E-state index contributed by atoms with van der Waals surface area (Å²) in [5.74, 6) is 0. The lowest BCUT2D eigenvalue weighted by atomic mass is 10.4. The zero-order valence-corrected chi connectivity index (χ0v) is 10.3. The molecule has 16 heavy (non-hydrogen) atoms. The topological polar surface area (TPSA) is 24.5 Å². The maximum Gasteiger partial charge on any atom is 0.261 e. The van der Waals surface area contributed by atoms with Gasteiger partial charge in [-0.25, -0.2) is 8.78 Å². The number of hydrogen-bond acceptors (Lipinski definition) is 3. The van der Waals surface area contributed by atoms with Crippen molar-refractivity contribution in [3.8, 4) is 0 Å². The molecule has 3 nitrogen and oxygen atoms in total. The van der Waals surface area contributed by atoms with E-state index >= 15 is 0 Å². The van der Waals surface area contributed by atoms with Gasteiger partial charge in [0.1, 0.15) is 6.61 Å². The maximum absolute atomic E-state index is 11.7. The third-order valence-corrected chi connectivity index (χ3v) is 2.17. The van der Waals surface area contributed by atoms with Crippen molar-refractivity contribution < 1.29 is 13.5 Å². The Morgan fingerprint density at radius 2 is 2.00 bits per heavy atom. The highest BCUT2D eigenvalue weighted by molar-refractivity contribution is 4.54. The lowest BCUT2D eigenvalue weighted by molar-refractivity contribution is 0.0150. The van der Waals surface area contributed by atoms with Crippen LogP contribution in [0, 0.1) is 0 Å². The number of halogens is 2. The minimum atomic E-state index is -2.35. The largest absolute Gasteiger partial charge is 0.375 e. The molecule has 0 aromatic carbocycles. The van der Waals surface area contributed by atoms with Gasteiger partial charge in [0.05, 0.1) is 0 Å². The molecule has 0 rings (SSSR count). The zero-order valence-electron chi connectivity index (χ0n) is 10.3. The van der Waals surface area contributed by atoms with E-state index in [0.717, 1.165) is 39.0 Å². The summed E-state index contributed by atoms with van der Waals surface area (Å²) in [4.78, 5) is 2.17. The molecular formula is C11H24F2N2O. The van der Waals surface area contributed by atoms with E-state index in [0.29, 0.717) is 6.61 Å². The van der Waals surface area contributed by atoms with Gasteiger partial charge in [0.25, 0.3) is 6.43 Å². The summed E-state index contributed by atoms with van der Waals surface area (Å²) >= 11 is 0. The highest BCUT2D eigenvalue weighted by Crippen LogP contribution is 1.94. The quantitative estimate of drug-likeness (QED) is 0.553. The Kier molecular flexibility index (Phi) is 11.0. The number of hydrogen-bond donors (Lipinski definition) is 1. The average Bonchev–Trinajstić information content (AvgIpc) is 2.23. The highest BCUT2D eigenvalue weighted by Gasteiger charge is 2.02. The van der Waals surface area contributed by atoms with E-state index in [4.69, 9.17) is 4.74 Å². The van der Waals surface area contributed by atoms with E-state index in [1.165, 1.54) is 0 Å². The van der Waals surface area contributed by atoms with Crippen molar-refractivity contribution in [1.29, 1.82) is 0 Å². The van der Waals surface area contributed by atoms with Crippen LogP contribution in [0.15, 0.2) is 0 Å². The molecule has 0 amide bonds. The molecule has 0 fully saturated rings. The number of rotatable bonds is 11. The molecule has 0 bridgehead atoms. The lowest BCUT2D eigenvalue weighted by Gasteiger charge is -2.16. The fraction of sp³-hybridized carbons (Fsp3) is 1.00. The summed E-state index contributed by atoms with van der Waals surface area (Å²) in [5, 5.41) is 3.31. The Bertz CT molecular complexity index is 148. The molecule has 98 valence electrons. The first-order valence-electron chi connectivity index (χ1n) is 5.92. The molecule has 0 heterocycles. The van der Waals surface area contributed by atoms with E-state index < -0.39 is 13.0 Å². The van der Waals surface area contributed by atoms with Gasteiger partial charge in [-0.2, -0.15) is 0 Å². The first kappa shape index (κ1) is 15.7. The Balaban J connectivity index is 3.14. The average molecular weight is 238 g/mol. The van der Waals surface area contributed by atoms with Gasteiger partial charge in [-0.3, -0.25) is 0 Å². The fourth-order valence-corrected chi connectivity index (χ4v) is 1.29. The third-order valence-electron chi connectivity index (χ3n) is 2.17. The predicted molar refractivity (Wildman–Crippen MR) is 62.1 cm³/mol. The Morgan fingerprint density at radius 1 is 1.25 bits per heavy atom. The molecule has 0 atom stereocenters. The fourth-order valence-electron chi connectivity index (χ4n) is 1.29. The van der Waals surface area contributed by atoms with Crippen molar-refractivity contribution >= 4 is 0 Å². The van der Waals surface area contributed by atoms with Crippen LogP contribution in [0.5, 0.6) is 0 Å².